The number of hydrogen-bond donors (Lipinski definition) is 1. The SMILES string of the molecule is COCCOc1cc(NC(=O)c2ccc(-c3ccc(F)cc3)s2)ccc1OC. The highest BCUT2D eigenvalue weighted by Crippen LogP contribution is 2.32. The van der Waals surface area contributed by atoms with Gasteiger partial charge in [-0.15, -0.1) is 11.3 Å². The summed E-state index contributed by atoms with van der Waals surface area (Å²) in [7, 11) is 3.15. The third-order valence-electron chi connectivity index (χ3n) is 3.93. The van der Waals surface area contributed by atoms with Crippen LogP contribution in [-0.2, 0) is 4.74 Å². The minimum Gasteiger partial charge on any atom is -0.493 e. The van der Waals surface area contributed by atoms with E-state index >= 15 is 0 Å². The van der Waals surface area contributed by atoms with Crippen molar-refractivity contribution in [2.24, 2.45) is 0 Å². The van der Waals surface area contributed by atoms with E-state index in [4.69, 9.17) is 14.2 Å². The summed E-state index contributed by atoms with van der Waals surface area (Å²) >= 11 is 1.34. The maximum Gasteiger partial charge on any atom is 0.265 e. The van der Waals surface area contributed by atoms with Gasteiger partial charge >= 0.3 is 0 Å². The van der Waals surface area contributed by atoms with Crippen molar-refractivity contribution in [1.29, 1.82) is 0 Å². The maximum atomic E-state index is 13.1. The van der Waals surface area contributed by atoms with E-state index in [2.05, 4.69) is 5.32 Å². The second-order valence-corrected chi connectivity index (χ2v) is 6.92. The Hall–Kier alpha value is -2.90. The van der Waals surface area contributed by atoms with Crippen molar-refractivity contribution in [3.8, 4) is 21.9 Å². The molecule has 1 amide bonds. The molecule has 7 heteroatoms. The first-order valence-electron chi connectivity index (χ1n) is 8.57. The number of anilines is 1. The molecule has 0 aliphatic carbocycles. The van der Waals surface area contributed by atoms with Crippen molar-refractivity contribution in [3.05, 3.63) is 65.3 Å². The zero-order valence-electron chi connectivity index (χ0n) is 15.5. The molecule has 3 rings (SSSR count). The van der Waals surface area contributed by atoms with Crippen LogP contribution in [0.25, 0.3) is 10.4 Å². The lowest BCUT2D eigenvalue weighted by molar-refractivity contribution is 0.103. The monoisotopic (exact) mass is 401 g/mol. The summed E-state index contributed by atoms with van der Waals surface area (Å²) in [5, 5.41) is 2.86. The first kappa shape index (κ1) is 19.9. The first-order chi connectivity index (χ1) is 13.6. The molecular formula is C21H20FNO4S. The van der Waals surface area contributed by atoms with Gasteiger partial charge < -0.3 is 19.5 Å². The van der Waals surface area contributed by atoms with Gasteiger partial charge in [0.15, 0.2) is 11.5 Å². The molecule has 1 heterocycles. The van der Waals surface area contributed by atoms with Gasteiger partial charge in [0.25, 0.3) is 5.91 Å². The number of nitrogens with one attached hydrogen (secondary N) is 1. The number of carbonyl (C=O) groups is 1. The molecule has 0 fully saturated rings. The van der Waals surface area contributed by atoms with Crippen LogP contribution < -0.4 is 14.8 Å². The number of carbonyl (C=O) groups excluding carboxylic acids is 1. The van der Waals surface area contributed by atoms with Crippen molar-refractivity contribution >= 4 is 22.9 Å². The fourth-order valence-corrected chi connectivity index (χ4v) is 3.43. The van der Waals surface area contributed by atoms with Gasteiger partial charge in [-0.25, -0.2) is 4.39 Å². The summed E-state index contributed by atoms with van der Waals surface area (Å²) in [4.78, 5) is 14.0. The summed E-state index contributed by atoms with van der Waals surface area (Å²) in [6.07, 6.45) is 0. The number of rotatable bonds is 8. The van der Waals surface area contributed by atoms with E-state index in [1.54, 1.807) is 50.6 Å². The Kier molecular flexibility index (Phi) is 6.62. The second kappa shape index (κ2) is 9.34. The summed E-state index contributed by atoms with van der Waals surface area (Å²) in [5.74, 6) is 0.576. The quantitative estimate of drug-likeness (QED) is 0.549. The van der Waals surface area contributed by atoms with Crippen LogP contribution in [0.1, 0.15) is 9.67 Å². The Morgan fingerprint density at radius 1 is 1.00 bits per heavy atom. The predicted octanol–water partition coefficient (Wildman–Crippen LogP) is 4.84. The minimum atomic E-state index is -0.290. The predicted molar refractivity (Wildman–Crippen MR) is 108 cm³/mol. The highest BCUT2D eigenvalue weighted by Gasteiger charge is 2.13. The van der Waals surface area contributed by atoms with E-state index in [0.29, 0.717) is 35.3 Å². The fourth-order valence-electron chi connectivity index (χ4n) is 2.52. The molecule has 0 saturated heterocycles. The lowest BCUT2D eigenvalue weighted by atomic mass is 10.2. The Balaban J connectivity index is 1.72. The van der Waals surface area contributed by atoms with Gasteiger partial charge in [-0.05, 0) is 42.0 Å². The molecule has 0 unspecified atom stereocenters. The van der Waals surface area contributed by atoms with Crippen LogP contribution in [-0.4, -0.2) is 33.3 Å². The molecule has 0 saturated carbocycles. The zero-order valence-corrected chi connectivity index (χ0v) is 16.3. The molecule has 3 aromatic rings. The van der Waals surface area contributed by atoms with Crippen molar-refractivity contribution in [2.45, 2.75) is 0 Å². The lowest BCUT2D eigenvalue weighted by Crippen LogP contribution is -2.11. The van der Waals surface area contributed by atoms with Gasteiger partial charge in [0.2, 0.25) is 0 Å². The molecule has 0 bridgehead atoms. The molecule has 28 heavy (non-hydrogen) atoms. The van der Waals surface area contributed by atoms with Crippen LogP contribution in [0.5, 0.6) is 11.5 Å². The topological polar surface area (TPSA) is 56.8 Å². The van der Waals surface area contributed by atoms with Gasteiger partial charge in [-0.3, -0.25) is 4.79 Å². The highest BCUT2D eigenvalue weighted by molar-refractivity contribution is 7.17. The third-order valence-corrected chi connectivity index (χ3v) is 5.06. The normalized spacial score (nSPS) is 10.5. The smallest absolute Gasteiger partial charge is 0.265 e. The molecule has 5 nitrogen and oxygen atoms in total. The van der Waals surface area contributed by atoms with E-state index < -0.39 is 0 Å². The molecular weight excluding hydrogens is 381 g/mol. The largest absolute Gasteiger partial charge is 0.493 e. The van der Waals surface area contributed by atoms with Crippen molar-refractivity contribution in [2.75, 3.05) is 32.8 Å². The van der Waals surface area contributed by atoms with E-state index in [1.807, 2.05) is 6.07 Å². The number of amides is 1. The number of thiophene rings is 1. The van der Waals surface area contributed by atoms with Crippen molar-refractivity contribution < 1.29 is 23.4 Å². The lowest BCUT2D eigenvalue weighted by Gasteiger charge is -2.12. The molecule has 0 atom stereocenters. The molecule has 1 N–H and O–H groups in total. The van der Waals surface area contributed by atoms with Crippen molar-refractivity contribution in [3.63, 3.8) is 0 Å². The van der Waals surface area contributed by atoms with Gasteiger partial charge in [0.1, 0.15) is 12.4 Å². The summed E-state index contributed by atoms with van der Waals surface area (Å²) in [6.45, 7) is 0.817. The van der Waals surface area contributed by atoms with Crippen LogP contribution in [0.3, 0.4) is 0 Å². The number of hydrogen-bond acceptors (Lipinski definition) is 5. The molecule has 0 aliphatic rings. The third kappa shape index (κ3) is 4.88. The van der Waals surface area contributed by atoms with Crippen LogP contribution >= 0.6 is 11.3 Å². The standard InChI is InChI=1S/C21H20FNO4S/c1-25-11-12-27-18-13-16(7-8-17(18)26-2)23-21(24)20-10-9-19(28-20)14-3-5-15(22)6-4-14/h3-10,13H,11-12H2,1-2H3,(H,23,24). The van der Waals surface area contributed by atoms with Gasteiger partial charge in [-0.1, -0.05) is 12.1 Å². The second-order valence-electron chi connectivity index (χ2n) is 5.83. The van der Waals surface area contributed by atoms with E-state index in [9.17, 15) is 9.18 Å². The zero-order chi connectivity index (χ0) is 19.9. The first-order valence-corrected chi connectivity index (χ1v) is 9.39. The van der Waals surface area contributed by atoms with Gasteiger partial charge in [0, 0.05) is 23.7 Å². The molecule has 1 aromatic heterocycles. The maximum absolute atomic E-state index is 13.1. The van der Waals surface area contributed by atoms with E-state index in [-0.39, 0.29) is 11.7 Å². The van der Waals surface area contributed by atoms with Gasteiger partial charge in [-0.2, -0.15) is 0 Å². The number of methoxy groups -OCH3 is 2. The summed E-state index contributed by atoms with van der Waals surface area (Å²) in [6, 6.07) is 15.0. The number of ether oxygens (including phenoxy) is 3. The molecule has 146 valence electrons. The fraction of sp³-hybridized carbons (Fsp3) is 0.190. The van der Waals surface area contributed by atoms with Crippen LogP contribution in [0.15, 0.2) is 54.6 Å². The average Bonchev–Trinajstić information content (AvgIpc) is 3.19. The van der Waals surface area contributed by atoms with Gasteiger partial charge in [0.05, 0.1) is 18.6 Å². The average molecular weight is 401 g/mol. The van der Waals surface area contributed by atoms with E-state index in [1.165, 1.54) is 23.5 Å². The molecule has 0 spiro atoms. The Morgan fingerprint density at radius 3 is 2.50 bits per heavy atom. The molecule has 0 radical (unpaired) electrons. The van der Waals surface area contributed by atoms with Crippen LogP contribution in [0.4, 0.5) is 10.1 Å². The Morgan fingerprint density at radius 2 is 1.79 bits per heavy atom. The Labute approximate surface area is 166 Å². The molecule has 2 aromatic carbocycles. The van der Waals surface area contributed by atoms with E-state index in [0.717, 1.165) is 10.4 Å². The van der Waals surface area contributed by atoms with Crippen LogP contribution in [0, 0.1) is 5.82 Å². The highest BCUT2D eigenvalue weighted by atomic mass is 32.1. The summed E-state index contributed by atoms with van der Waals surface area (Å²) in [5.41, 5.74) is 1.46. The van der Waals surface area contributed by atoms with Crippen LogP contribution in [0.2, 0.25) is 0 Å². The number of benzene rings is 2. The number of halogens is 1. The Bertz CT molecular complexity index is 940. The molecule has 0 aliphatic heterocycles. The summed E-state index contributed by atoms with van der Waals surface area (Å²) < 4.78 is 29.0. The minimum absolute atomic E-state index is 0.230. The van der Waals surface area contributed by atoms with Crippen molar-refractivity contribution in [1.82, 2.24) is 0 Å².